The van der Waals surface area contributed by atoms with E-state index >= 15 is 0 Å². The number of phenols is 1. The Kier molecular flexibility index (Phi) is 2.94. The van der Waals surface area contributed by atoms with E-state index in [0.29, 0.717) is 5.65 Å². The Hall–Kier alpha value is -3.08. The van der Waals surface area contributed by atoms with Gasteiger partial charge in [-0.3, -0.25) is 5.10 Å². The van der Waals surface area contributed by atoms with E-state index in [1.165, 1.54) is 0 Å². The summed E-state index contributed by atoms with van der Waals surface area (Å²) in [7, 11) is 1.66. The van der Waals surface area contributed by atoms with Gasteiger partial charge in [0.25, 0.3) is 0 Å². The smallest absolute Gasteiger partial charge is 0.182 e. The van der Waals surface area contributed by atoms with Crippen LogP contribution in [0.25, 0.3) is 33.1 Å². The van der Waals surface area contributed by atoms with Crippen LogP contribution in [-0.2, 0) is 0 Å². The quantitative estimate of drug-likeness (QED) is 0.591. The van der Waals surface area contributed by atoms with E-state index in [1.807, 2.05) is 37.3 Å². The highest BCUT2D eigenvalue weighted by Gasteiger charge is 2.14. The van der Waals surface area contributed by atoms with Crippen LogP contribution in [0.1, 0.15) is 5.69 Å². The van der Waals surface area contributed by atoms with Gasteiger partial charge in [0.1, 0.15) is 11.5 Å². The monoisotopic (exact) mass is 305 g/mol. The normalized spacial score (nSPS) is 11.2. The molecule has 0 aliphatic heterocycles. The number of fused-ring (bicyclic) bond motifs is 3. The van der Waals surface area contributed by atoms with Gasteiger partial charge < -0.3 is 9.84 Å². The largest absolute Gasteiger partial charge is 0.508 e. The minimum absolute atomic E-state index is 0.233. The molecule has 0 amide bonds. The van der Waals surface area contributed by atoms with Gasteiger partial charge in [-0.1, -0.05) is 0 Å². The van der Waals surface area contributed by atoms with Gasteiger partial charge in [-0.15, -0.1) is 0 Å². The predicted octanol–water partition coefficient (Wildman–Crippen LogP) is 3.80. The summed E-state index contributed by atoms with van der Waals surface area (Å²) >= 11 is 0. The fourth-order valence-electron chi connectivity index (χ4n) is 2.89. The van der Waals surface area contributed by atoms with Gasteiger partial charge in [0, 0.05) is 27.4 Å². The lowest BCUT2D eigenvalue weighted by atomic mass is 10.0. The first-order valence-electron chi connectivity index (χ1n) is 7.29. The summed E-state index contributed by atoms with van der Waals surface area (Å²) in [5.41, 5.74) is 3.41. The van der Waals surface area contributed by atoms with Crippen LogP contribution in [0.15, 0.2) is 42.5 Å². The molecule has 0 fully saturated rings. The van der Waals surface area contributed by atoms with E-state index in [1.54, 1.807) is 19.2 Å². The summed E-state index contributed by atoms with van der Waals surface area (Å²) in [5, 5.41) is 19.9. The van der Waals surface area contributed by atoms with Gasteiger partial charge in [-0.2, -0.15) is 5.10 Å². The van der Waals surface area contributed by atoms with E-state index in [4.69, 9.17) is 9.72 Å². The number of phenolic OH excluding ortho intramolecular Hbond substituents is 1. The highest BCUT2D eigenvalue weighted by Crippen LogP contribution is 2.35. The summed E-state index contributed by atoms with van der Waals surface area (Å²) in [4.78, 5) is 4.71. The highest BCUT2D eigenvalue weighted by atomic mass is 16.5. The maximum atomic E-state index is 9.51. The Morgan fingerprint density at radius 2 is 1.83 bits per heavy atom. The lowest BCUT2D eigenvalue weighted by Crippen LogP contribution is -1.90. The second-order valence-electron chi connectivity index (χ2n) is 5.47. The van der Waals surface area contributed by atoms with Crippen molar-refractivity contribution in [2.75, 3.05) is 7.11 Å². The van der Waals surface area contributed by atoms with Gasteiger partial charge in [0.2, 0.25) is 0 Å². The SMILES string of the molecule is COc1ccc2c(-c3ccc(O)cc3)nc3n[nH]c(C)c3c2c1. The van der Waals surface area contributed by atoms with E-state index in [-0.39, 0.29) is 5.75 Å². The molecule has 0 spiro atoms. The summed E-state index contributed by atoms with van der Waals surface area (Å²) in [6, 6.07) is 13.0. The van der Waals surface area contributed by atoms with E-state index < -0.39 is 0 Å². The van der Waals surface area contributed by atoms with Crippen molar-refractivity contribution >= 4 is 21.8 Å². The van der Waals surface area contributed by atoms with Crippen molar-refractivity contribution in [2.45, 2.75) is 6.92 Å². The number of benzene rings is 2. The van der Waals surface area contributed by atoms with Crippen molar-refractivity contribution in [3.8, 4) is 22.8 Å². The number of aromatic nitrogens is 3. The van der Waals surface area contributed by atoms with Gasteiger partial charge in [0.15, 0.2) is 5.65 Å². The molecular formula is C18H15N3O2. The molecule has 0 aliphatic rings. The first kappa shape index (κ1) is 13.6. The summed E-state index contributed by atoms with van der Waals surface area (Å²) < 4.78 is 5.36. The molecule has 0 saturated heterocycles. The fourth-order valence-corrected chi connectivity index (χ4v) is 2.89. The lowest BCUT2D eigenvalue weighted by molar-refractivity contribution is 0.415. The van der Waals surface area contributed by atoms with Crippen LogP contribution >= 0.6 is 0 Å². The first-order chi connectivity index (χ1) is 11.2. The molecular weight excluding hydrogens is 290 g/mol. The number of aryl methyl sites for hydroxylation is 1. The zero-order chi connectivity index (χ0) is 16.0. The molecule has 4 aromatic rings. The van der Waals surface area contributed by atoms with E-state index in [2.05, 4.69) is 10.2 Å². The van der Waals surface area contributed by atoms with E-state index in [9.17, 15) is 5.11 Å². The molecule has 2 aromatic heterocycles. The number of aromatic amines is 1. The molecule has 23 heavy (non-hydrogen) atoms. The molecule has 2 heterocycles. The van der Waals surface area contributed by atoms with Crippen molar-refractivity contribution in [2.24, 2.45) is 0 Å². The van der Waals surface area contributed by atoms with Crippen LogP contribution in [0, 0.1) is 6.92 Å². The van der Waals surface area contributed by atoms with Crippen LogP contribution in [0.4, 0.5) is 0 Å². The minimum Gasteiger partial charge on any atom is -0.508 e. The molecule has 0 saturated carbocycles. The molecule has 0 bridgehead atoms. The standard InChI is InChI=1S/C18H15N3O2/c1-10-16-15-9-13(23-2)7-8-14(15)17(19-18(16)21-20-10)11-3-5-12(22)6-4-11/h3-9,22H,1-2H3,(H,19,20,21). The number of nitrogens with one attached hydrogen (secondary N) is 1. The van der Waals surface area contributed by atoms with Crippen molar-refractivity contribution in [1.82, 2.24) is 15.2 Å². The molecule has 114 valence electrons. The third-order valence-corrected chi connectivity index (χ3v) is 4.04. The lowest BCUT2D eigenvalue weighted by Gasteiger charge is -2.09. The third kappa shape index (κ3) is 2.09. The molecule has 5 nitrogen and oxygen atoms in total. The molecule has 4 rings (SSSR count). The third-order valence-electron chi connectivity index (χ3n) is 4.04. The molecule has 5 heteroatoms. The number of hydrogen-bond donors (Lipinski definition) is 2. The van der Waals surface area contributed by atoms with Crippen molar-refractivity contribution < 1.29 is 9.84 Å². The van der Waals surface area contributed by atoms with E-state index in [0.717, 1.165) is 38.9 Å². The Bertz CT molecular complexity index is 1020. The zero-order valence-corrected chi connectivity index (χ0v) is 12.8. The molecule has 2 aromatic carbocycles. The number of hydrogen-bond acceptors (Lipinski definition) is 4. The van der Waals surface area contributed by atoms with Crippen LogP contribution < -0.4 is 4.74 Å². The van der Waals surface area contributed by atoms with Gasteiger partial charge in [-0.05, 0) is 49.4 Å². The van der Waals surface area contributed by atoms with Gasteiger partial charge in [0.05, 0.1) is 12.8 Å². The molecule has 2 N–H and O–H groups in total. The Morgan fingerprint density at radius 1 is 1.04 bits per heavy atom. The minimum atomic E-state index is 0.233. The second kappa shape index (κ2) is 4.98. The fraction of sp³-hybridized carbons (Fsp3) is 0.111. The molecule has 0 aliphatic carbocycles. The van der Waals surface area contributed by atoms with Gasteiger partial charge in [-0.25, -0.2) is 4.98 Å². The topological polar surface area (TPSA) is 71.0 Å². The number of pyridine rings is 1. The van der Waals surface area contributed by atoms with Crippen molar-refractivity contribution in [3.05, 3.63) is 48.2 Å². The van der Waals surface area contributed by atoms with Crippen molar-refractivity contribution in [3.63, 3.8) is 0 Å². The number of rotatable bonds is 2. The number of nitrogens with zero attached hydrogens (tertiary/aromatic N) is 2. The molecule has 0 atom stereocenters. The number of methoxy groups -OCH3 is 1. The van der Waals surface area contributed by atoms with Crippen LogP contribution in [-0.4, -0.2) is 27.4 Å². The van der Waals surface area contributed by atoms with Crippen LogP contribution in [0.2, 0.25) is 0 Å². The molecule has 0 radical (unpaired) electrons. The number of aromatic hydroxyl groups is 1. The second-order valence-corrected chi connectivity index (χ2v) is 5.47. The van der Waals surface area contributed by atoms with Gasteiger partial charge >= 0.3 is 0 Å². The predicted molar refractivity (Wildman–Crippen MR) is 89.8 cm³/mol. The summed E-state index contributed by atoms with van der Waals surface area (Å²) in [5.74, 6) is 1.03. The Balaban J connectivity index is 2.12. The average Bonchev–Trinajstić information content (AvgIpc) is 2.95. The summed E-state index contributed by atoms with van der Waals surface area (Å²) in [6.07, 6.45) is 0. The molecule has 0 unspecified atom stereocenters. The highest BCUT2D eigenvalue weighted by molar-refractivity contribution is 6.11. The number of H-pyrrole nitrogens is 1. The zero-order valence-electron chi connectivity index (χ0n) is 12.8. The maximum Gasteiger partial charge on any atom is 0.182 e. The number of ether oxygens (including phenoxy) is 1. The Morgan fingerprint density at radius 3 is 2.57 bits per heavy atom. The maximum absolute atomic E-state index is 9.51. The van der Waals surface area contributed by atoms with Crippen LogP contribution in [0.5, 0.6) is 11.5 Å². The summed E-state index contributed by atoms with van der Waals surface area (Å²) in [6.45, 7) is 1.98. The van der Waals surface area contributed by atoms with Crippen LogP contribution in [0.3, 0.4) is 0 Å². The average molecular weight is 305 g/mol. The first-order valence-corrected chi connectivity index (χ1v) is 7.29. The Labute approximate surface area is 132 Å². The van der Waals surface area contributed by atoms with Crippen molar-refractivity contribution in [1.29, 1.82) is 0 Å².